The highest BCUT2D eigenvalue weighted by atomic mass is 16.1. The molecule has 0 aromatic carbocycles. The number of carbonyl (C=O) groups excluding carboxylic acids is 1. The van der Waals surface area contributed by atoms with Crippen molar-refractivity contribution < 1.29 is 4.79 Å². The second-order valence-corrected chi connectivity index (χ2v) is 1.52. The van der Waals surface area contributed by atoms with E-state index < -0.39 is 0 Å². The van der Waals surface area contributed by atoms with Crippen LogP contribution in [0.2, 0.25) is 0 Å². The van der Waals surface area contributed by atoms with Crippen LogP contribution in [0.3, 0.4) is 0 Å². The monoisotopic (exact) mass is 166 g/mol. The van der Waals surface area contributed by atoms with Crippen molar-refractivity contribution in [1.82, 2.24) is 19.9 Å². The van der Waals surface area contributed by atoms with Crippen LogP contribution in [-0.2, 0) is 4.79 Å². The van der Waals surface area contributed by atoms with Gasteiger partial charge in [0.1, 0.15) is 6.79 Å². The summed E-state index contributed by atoms with van der Waals surface area (Å²) in [5.74, 6) is 0. The highest BCUT2D eigenvalue weighted by Crippen LogP contribution is 1.63. The van der Waals surface area contributed by atoms with Crippen molar-refractivity contribution in [2.45, 2.75) is 0 Å². The van der Waals surface area contributed by atoms with Crippen LogP contribution in [0.1, 0.15) is 0 Å². The van der Waals surface area contributed by atoms with Gasteiger partial charge in [0, 0.05) is 24.8 Å². The molecular formula is C7H10N4O. The zero-order valence-corrected chi connectivity index (χ0v) is 6.47. The minimum atomic E-state index is 1.62. The van der Waals surface area contributed by atoms with Gasteiger partial charge in [-0.2, -0.15) is 0 Å². The van der Waals surface area contributed by atoms with Crippen LogP contribution in [-0.4, -0.2) is 26.7 Å². The van der Waals surface area contributed by atoms with E-state index >= 15 is 0 Å². The molecule has 5 heteroatoms. The second-order valence-electron chi connectivity index (χ2n) is 1.52. The Hall–Kier alpha value is -1.91. The number of hydrogen-bond acceptors (Lipinski definition) is 3. The van der Waals surface area contributed by atoms with Crippen molar-refractivity contribution in [3.05, 3.63) is 37.4 Å². The molecule has 5 nitrogen and oxygen atoms in total. The SMILES string of the molecule is C=O.c1c[nH]cn1.c1c[nH]cn1. The Morgan fingerprint density at radius 3 is 1.42 bits per heavy atom. The molecular weight excluding hydrogens is 156 g/mol. The van der Waals surface area contributed by atoms with Crippen LogP contribution < -0.4 is 0 Å². The third-order valence-corrected chi connectivity index (χ3v) is 0.812. The third-order valence-electron chi connectivity index (χ3n) is 0.812. The normalized spacial score (nSPS) is 7.00. The van der Waals surface area contributed by atoms with Gasteiger partial charge < -0.3 is 14.8 Å². The average Bonchev–Trinajstić information content (AvgIpc) is 2.87. The van der Waals surface area contributed by atoms with Gasteiger partial charge in [-0.25, -0.2) is 9.97 Å². The van der Waals surface area contributed by atoms with Crippen LogP contribution in [0.4, 0.5) is 0 Å². The number of aromatic nitrogens is 4. The highest BCUT2D eigenvalue weighted by Gasteiger charge is 1.56. The Bertz CT molecular complexity index is 167. The maximum absolute atomic E-state index is 8.00. The van der Waals surface area contributed by atoms with Gasteiger partial charge in [0.2, 0.25) is 0 Å². The molecule has 0 radical (unpaired) electrons. The lowest BCUT2D eigenvalue weighted by atomic mass is 11.0. The molecule has 2 N–H and O–H groups in total. The molecule has 2 heterocycles. The first-order valence-corrected chi connectivity index (χ1v) is 3.14. The quantitative estimate of drug-likeness (QED) is 0.603. The number of aromatic amines is 2. The van der Waals surface area contributed by atoms with Gasteiger partial charge in [-0.05, 0) is 0 Å². The number of nitrogens with zero attached hydrogens (tertiary/aromatic N) is 2. The Morgan fingerprint density at radius 2 is 1.33 bits per heavy atom. The fourth-order valence-electron chi connectivity index (χ4n) is 0.430. The number of imidazole rings is 2. The molecule has 0 aliphatic carbocycles. The molecule has 0 aliphatic heterocycles. The molecule has 0 bridgehead atoms. The first kappa shape index (κ1) is 10.1. The number of H-pyrrole nitrogens is 2. The molecule has 0 amide bonds. The van der Waals surface area contributed by atoms with E-state index in [-0.39, 0.29) is 0 Å². The maximum atomic E-state index is 8.00. The fraction of sp³-hybridized carbons (Fsp3) is 0. The Morgan fingerprint density at radius 1 is 0.917 bits per heavy atom. The Balaban J connectivity index is 0.000000168. The van der Waals surface area contributed by atoms with E-state index in [0.29, 0.717) is 0 Å². The number of carbonyl (C=O) groups is 1. The molecule has 0 saturated heterocycles. The Labute approximate surface area is 69.9 Å². The molecule has 0 spiro atoms. The summed E-state index contributed by atoms with van der Waals surface area (Å²) >= 11 is 0. The average molecular weight is 166 g/mol. The van der Waals surface area contributed by atoms with E-state index in [9.17, 15) is 0 Å². The molecule has 0 fully saturated rings. The summed E-state index contributed by atoms with van der Waals surface area (Å²) in [4.78, 5) is 20.8. The molecule has 2 aromatic heterocycles. The molecule has 0 unspecified atom stereocenters. The summed E-state index contributed by atoms with van der Waals surface area (Å²) in [6.07, 6.45) is 10.2. The maximum Gasteiger partial charge on any atom is 0.106 e. The predicted molar refractivity (Wildman–Crippen MR) is 44.3 cm³/mol. The van der Waals surface area contributed by atoms with Crippen LogP contribution in [0.5, 0.6) is 0 Å². The van der Waals surface area contributed by atoms with E-state index in [2.05, 4.69) is 19.9 Å². The number of hydrogen-bond donors (Lipinski definition) is 2. The van der Waals surface area contributed by atoms with E-state index in [1.54, 1.807) is 37.4 Å². The lowest BCUT2D eigenvalue weighted by molar-refractivity contribution is -0.0979. The zero-order valence-electron chi connectivity index (χ0n) is 6.47. The molecule has 64 valence electrons. The largest absolute Gasteiger partial charge is 0.351 e. The predicted octanol–water partition coefficient (Wildman–Crippen LogP) is 0.634. The fourth-order valence-corrected chi connectivity index (χ4v) is 0.430. The van der Waals surface area contributed by atoms with Crippen molar-refractivity contribution >= 4 is 6.79 Å². The Kier molecular flexibility index (Phi) is 7.64. The third kappa shape index (κ3) is 6.21. The topological polar surface area (TPSA) is 74.4 Å². The summed E-state index contributed by atoms with van der Waals surface area (Å²) in [5.41, 5.74) is 0. The van der Waals surface area contributed by atoms with Crippen molar-refractivity contribution in [2.24, 2.45) is 0 Å². The van der Waals surface area contributed by atoms with Crippen molar-refractivity contribution in [1.29, 1.82) is 0 Å². The first-order chi connectivity index (χ1) is 6.00. The lowest BCUT2D eigenvalue weighted by Gasteiger charge is -1.46. The summed E-state index contributed by atoms with van der Waals surface area (Å²) in [6, 6.07) is 0. The summed E-state index contributed by atoms with van der Waals surface area (Å²) < 4.78 is 0. The van der Waals surface area contributed by atoms with Crippen molar-refractivity contribution in [3.8, 4) is 0 Å². The molecule has 2 rings (SSSR count). The first-order valence-electron chi connectivity index (χ1n) is 3.14. The van der Waals surface area contributed by atoms with Gasteiger partial charge in [0.25, 0.3) is 0 Å². The van der Waals surface area contributed by atoms with Gasteiger partial charge in [0.15, 0.2) is 0 Å². The highest BCUT2D eigenvalue weighted by molar-refractivity contribution is 5.10. The number of rotatable bonds is 0. The molecule has 2 aromatic rings. The number of nitrogens with one attached hydrogen (secondary N) is 2. The second kappa shape index (κ2) is 9.09. The summed E-state index contributed by atoms with van der Waals surface area (Å²) in [6.45, 7) is 2.00. The van der Waals surface area contributed by atoms with Gasteiger partial charge >= 0.3 is 0 Å². The smallest absolute Gasteiger partial charge is 0.106 e. The molecule has 0 atom stereocenters. The van der Waals surface area contributed by atoms with Crippen LogP contribution >= 0.6 is 0 Å². The standard InChI is InChI=1S/2C3H4N2.CH2O/c2*1-2-5-3-4-1;1-2/h2*1-3H,(H,4,5);1H2. The summed E-state index contributed by atoms with van der Waals surface area (Å²) in [7, 11) is 0. The van der Waals surface area contributed by atoms with Crippen molar-refractivity contribution in [3.63, 3.8) is 0 Å². The molecule has 0 saturated carbocycles. The minimum Gasteiger partial charge on any atom is -0.351 e. The van der Waals surface area contributed by atoms with Gasteiger partial charge in [0.05, 0.1) is 12.7 Å². The van der Waals surface area contributed by atoms with E-state index in [4.69, 9.17) is 4.79 Å². The van der Waals surface area contributed by atoms with E-state index in [0.717, 1.165) is 0 Å². The van der Waals surface area contributed by atoms with Gasteiger partial charge in [-0.1, -0.05) is 0 Å². The molecule has 0 aliphatic rings. The van der Waals surface area contributed by atoms with Crippen LogP contribution in [0, 0.1) is 0 Å². The van der Waals surface area contributed by atoms with E-state index in [1.165, 1.54) is 0 Å². The zero-order chi connectivity index (χ0) is 9.07. The molecule has 12 heavy (non-hydrogen) atoms. The lowest BCUT2D eigenvalue weighted by Crippen LogP contribution is -1.44. The van der Waals surface area contributed by atoms with Crippen molar-refractivity contribution in [2.75, 3.05) is 0 Å². The van der Waals surface area contributed by atoms with Crippen LogP contribution in [0.15, 0.2) is 37.4 Å². The summed E-state index contributed by atoms with van der Waals surface area (Å²) in [5, 5.41) is 0. The van der Waals surface area contributed by atoms with E-state index in [1.807, 2.05) is 6.79 Å². The van der Waals surface area contributed by atoms with Gasteiger partial charge in [-0.3, -0.25) is 0 Å². The van der Waals surface area contributed by atoms with Gasteiger partial charge in [-0.15, -0.1) is 0 Å². The van der Waals surface area contributed by atoms with Crippen LogP contribution in [0.25, 0.3) is 0 Å². The minimum absolute atomic E-state index is 1.62.